The van der Waals surface area contributed by atoms with Gasteiger partial charge in [-0.25, -0.2) is 4.98 Å². The zero-order chi connectivity index (χ0) is 16.5. The molecule has 2 aromatic heterocycles. The van der Waals surface area contributed by atoms with Crippen LogP contribution in [0.25, 0.3) is 0 Å². The molecule has 122 valence electrons. The van der Waals surface area contributed by atoms with Crippen molar-refractivity contribution in [3.8, 4) is 5.88 Å². The molecule has 0 atom stereocenters. The fraction of sp³-hybridized carbons (Fsp3) is 0.312. The molecule has 2 amide bonds. The summed E-state index contributed by atoms with van der Waals surface area (Å²) >= 11 is 0. The number of carbonyl (C=O) groups excluding carboxylic acids is 2. The smallest absolute Gasteiger partial charge is 0.286 e. The first-order chi connectivity index (χ1) is 11.2. The number of methoxy groups -OCH3 is 1. The maximum atomic E-state index is 11.7. The van der Waals surface area contributed by atoms with Gasteiger partial charge in [0.1, 0.15) is 0 Å². The Hall–Kier alpha value is -2.83. The Morgan fingerprint density at radius 2 is 2.13 bits per heavy atom. The number of aromatic nitrogens is 1. The van der Waals surface area contributed by atoms with Gasteiger partial charge in [-0.2, -0.15) is 0 Å². The number of ether oxygens (including phenoxy) is 1. The lowest BCUT2D eigenvalue weighted by molar-refractivity contribution is -0.121. The van der Waals surface area contributed by atoms with Crippen molar-refractivity contribution in [3.05, 3.63) is 48.0 Å². The van der Waals surface area contributed by atoms with Crippen LogP contribution >= 0.6 is 0 Å². The Bertz CT molecular complexity index is 623. The number of pyridine rings is 1. The number of furan rings is 1. The molecular formula is C16H19N3O4. The maximum Gasteiger partial charge on any atom is 0.286 e. The Morgan fingerprint density at radius 1 is 1.26 bits per heavy atom. The highest BCUT2D eigenvalue weighted by Crippen LogP contribution is 2.06. The number of rotatable bonds is 8. The maximum absolute atomic E-state index is 11.7. The van der Waals surface area contributed by atoms with Crippen molar-refractivity contribution in [3.63, 3.8) is 0 Å². The first-order valence-corrected chi connectivity index (χ1v) is 7.26. The van der Waals surface area contributed by atoms with Crippen LogP contribution in [0.1, 0.15) is 29.0 Å². The van der Waals surface area contributed by atoms with Gasteiger partial charge in [0.15, 0.2) is 5.76 Å². The first-order valence-electron chi connectivity index (χ1n) is 7.26. The van der Waals surface area contributed by atoms with Crippen molar-refractivity contribution in [1.82, 2.24) is 15.6 Å². The number of hydrogen-bond donors (Lipinski definition) is 2. The second-order valence-electron chi connectivity index (χ2n) is 4.82. The van der Waals surface area contributed by atoms with Crippen molar-refractivity contribution in [2.45, 2.75) is 19.4 Å². The van der Waals surface area contributed by atoms with Gasteiger partial charge >= 0.3 is 0 Å². The molecule has 2 N–H and O–H groups in total. The van der Waals surface area contributed by atoms with E-state index in [1.54, 1.807) is 31.5 Å². The van der Waals surface area contributed by atoms with Crippen LogP contribution < -0.4 is 15.4 Å². The van der Waals surface area contributed by atoms with E-state index < -0.39 is 0 Å². The van der Waals surface area contributed by atoms with Gasteiger partial charge in [-0.1, -0.05) is 6.07 Å². The average molecular weight is 317 g/mol. The van der Waals surface area contributed by atoms with E-state index in [2.05, 4.69) is 15.6 Å². The second kappa shape index (κ2) is 8.57. The summed E-state index contributed by atoms with van der Waals surface area (Å²) in [5.41, 5.74) is 0.894. The predicted octanol–water partition coefficient (Wildman–Crippen LogP) is 1.51. The molecule has 0 unspecified atom stereocenters. The molecule has 0 saturated heterocycles. The number of nitrogens with zero attached hydrogens (tertiary/aromatic N) is 1. The molecule has 0 aliphatic carbocycles. The van der Waals surface area contributed by atoms with Gasteiger partial charge < -0.3 is 19.8 Å². The Kier molecular flexibility index (Phi) is 6.17. The van der Waals surface area contributed by atoms with Crippen molar-refractivity contribution >= 4 is 11.8 Å². The van der Waals surface area contributed by atoms with E-state index in [0.29, 0.717) is 31.8 Å². The monoisotopic (exact) mass is 317 g/mol. The average Bonchev–Trinajstić information content (AvgIpc) is 3.12. The molecule has 0 aliphatic rings. The molecule has 0 aromatic carbocycles. The van der Waals surface area contributed by atoms with Crippen LogP contribution in [0.5, 0.6) is 5.88 Å². The normalized spacial score (nSPS) is 10.1. The lowest BCUT2D eigenvalue weighted by atomic mass is 10.2. The molecule has 7 heteroatoms. The van der Waals surface area contributed by atoms with Crippen LogP contribution in [0.4, 0.5) is 0 Å². The van der Waals surface area contributed by atoms with Crippen LogP contribution in [0.3, 0.4) is 0 Å². The number of amides is 2. The highest BCUT2D eigenvalue weighted by atomic mass is 16.5. The summed E-state index contributed by atoms with van der Waals surface area (Å²) in [4.78, 5) is 27.4. The fourth-order valence-electron chi connectivity index (χ4n) is 1.87. The lowest BCUT2D eigenvalue weighted by Crippen LogP contribution is -2.27. The lowest BCUT2D eigenvalue weighted by Gasteiger charge is -2.06. The number of hydrogen-bond acceptors (Lipinski definition) is 5. The zero-order valence-corrected chi connectivity index (χ0v) is 12.9. The van der Waals surface area contributed by atoms with Gasteiger partial charge in [0.2, 0.25) is 11.8 Å². The third kappa shape index (κ3) is 5.46. The summed E-state index contributed by atoms with van der Waals surface area (Å²) in [6.45, 7) is 0.825. The third-order valence-corrected chi connectivity index (χ3v) is 3.11. The standard InChI is InChI=1S/C16H19N3O4/c1-22-15-7-6-12(11-19-15)10-18-14(20)5-2-8-17-16(21)13-4-3-9-23-13/h3-4,6-7,9,11H,2,5,8,10H2,1H3,(H,17,21)(H,18,20). The van der Waals surface area contributed by atoms with Gasteiger partial charge in [-0.15, -0.1) is 0 Å². The number of nitrogens with one attached hydrogen (secondary N) is 2. The van der Waals surface area contributed by atoms with Gasteiger partial charge in [-0.3, -0.25) is 9.59 Å². The Balaban J connectivity index is 1.60. The van der Waals surface area contributed by atoms with Crippen molar-refractivity contribution in [1.29, 1.82) is 0 Å². The van der Waals surface area contributed by atoms with E-state index in [9.17, 15) is 9.59 Å². The van der Waals surface area contributed by atoms with Crippen molar-refractivity contribution < 1.29 is 18.7 Å². The minimum atomic E-state index is -0.278. The molecule has 0 radical (unpaired) electrons. The van der Waals surface area contributed by atoms with E-state index in [-0.39, 0.29) is 17.6 Å². The van der Waals surface area contributed by atoms with Crippen molar-refractivity contribution in [2.24, 2.45) is 0 Å². The van der Waals surface area contributed by atoms with Crippen molar-refractivity contribution in [2.75, 3.05) is 13.7 Å². The van der Waals surface area contributed by atoms with Crippen LogP contribution in [0, 0.1) is 0 Å². The highest BCUT2D eigenvalue weighted by molar-refractivity contribution is 5.91. The van der Waals surface area contributed by atoms with E-state index in [0.717, 1.165) is 5.56 Å². The minimum Gasteiger partial charge on any atom is -0.481 e. The molecule has 2 rings (SSSR count). The third-order valence-electron chi connectivity index (χ3n) is 3.11. The van der Waals surface area contributed by atoms with E-state index in [4.69, 9.17) is 9.15 Å². The molecule has 2 aromatic rings. The summed E-state index contributed by atoms with van der Waals surface area (Å²) in [5, 5.41) is 5.49. The second-order valence-corrected chi connectivity index (χ2v) is 4.82. The summed E-state index contributed by atoms with van der Waals surface area (Å²) in [6, 6.07) is 6.82. The SMILES string of the molecule is COc1ccc(CNC(=O)CCCNC(=O)c2ccco2)cn1. The summed E-state index contributed by atoms with van der Waals surface area (Å²) in [7, 11) is 1.55. The largest absolute Gasteiger partial charge is 0.481 e. The fourth-order valence-corrected chi connectivity index (χ4v) is 1.87. The molecule has 0 bridgehead atoms. The topological polar surface area (TPSA) is 93.5 Å². The van der Waals surface area contributed by atoms with Crippen LogP contribution in [-0.4, -0.2) is 30.5 Å². The van der Waals surface area contributed by atoms with Gasteiger partial charge in [0.25, 0.3) is 5.91 Å². The summed E-state index contributed by atoms with van der Waals surface area (Å²) in [5.74, 6) is 0.446. The molecule has 0 aliphatic heterocycles. The first kappa shape index (κ1) is 16.5. The molecule has 0 fully saturated rings. The predicted molar refractivity (Wildman–Crippen MR) is 82.9 cm³/mol. The van der Waals surface area contributed by atoms with Gasteiger partial charge in [-0.05, 0) is 24.1 Å². The Morgan fingerprint density at radius 3 is 2.78 bits per heavy atom. The van der Waals surface area contributed by atoms with Crippen LogP contribution in [0.2, 0.25) is 0 Å². The summed E-state index contributed by atoms with van der Waals surface area (Å²) < 4.78 is 9.94. The van der Waals surface area contributed by atoms with Gasteiger partial charge in [0.05, 0.1) is 13.4 Å². The Labute approximate surface area is 134 Å². The number of carbonyl (C=O) groups is 2. The van der Waals surface area contributed by atoms with E-state index in [1.165, 1.54) is 6.26 Å². The minimum absolute atomic E-state index is 0.0759. The molecule has 7 nitrogen and oxygen atoms in total. The van der Waals surface area contributed by atoms with Gasteiger partial charge in [0, 0.05) is 31.8 Å². The zero-order valence-electron chi connectivity index (χ0n) is 12.9. The van der Waals surface area contributed by atoms with Crippen LogP contribution in [-0.2, 0) is 11.3 Å². The molecule has 0 spiro atoms. The summed E-state index contributed by atoms with van der Waals surface area (Å²) in [6.07, 6.45) is 3.99. The molecule has 23 heavy (non-hydrogen) atoms. The van der Waals surface area contributed by atoms with E-state index >= 15 is 0 Å². The molecule has 2 heterocycles. The molecular weight excluding hydrogens is 298 g/mol. The highest BCUT2D eigenvalue weighted by Gasteiger charge is 2.07. The van der Waals surface area contributed by atoms with E-state index in [1.807, 2.05) is 6.07 Å². The van der Waals surface area contributed by atoms with Crippen LogP contribution in [0.15, 0.2) is 41.1 Å². The molecule has 0 saturated carbocycles. The quantitative estimate of drug-likeness (QED) is 0.720.